The fourth-order valence-electron chi connectivity index (χ4n) is 3.57. The first-order valence-corrected chi connectivity index (χ1v) is 9.84. The standard InChI is InChI=1S/C23H20N4O4/c1-14-5-3-6-15(2)21(14)24-20(28)12-27-10-4-7-17(27)23-25-22(26-31-23)16-8-9-18-19(11-16)30-13-29-18/h3-11H,12-13H2,1-2H3,(H,24,28). The molecule has 8 heteroatoms. The molecule has 0 aliphatic carbocycles. The lowest BCUT2D eigenvalue weighted by atomic mass is 10.1. The molecule has 0 atom stereocenters. The van der Waals surface area contributed by atoms with Crippen LogP contribution < -0.4 is 14.8 Å². The zero-order valence-corrected chi connectivity index (χ0v) is 17.1. The third-order valence-corrected chi connectivity index (χ3v) is 5.16. The molecule has 0 bridgehead atoms. The number of carbonyl (C=O) groups excluding carboxylic acids is 1. The lowest BCUT2D eigenvalue weighted by Crippen LogP contribution is -2.20. The zero-order chi connectivity index (χ0) is 21.4. The van der Waals surface area contributed by atoms with Crippen LogP contribution in [0.1, 0.15) is 11.1 Å². The molecular weight excluding hydrogens is 396 g/mol. The van der Waals surface area contributed by atoms with Gasteiger partial charge in [0.15, 0.2) is 11.5 Å². The summed E-state index contributed by atoms with van der Waals surface area (Å²) in [5, 5.41) is 7.08. The number of nitrogens with one attached hydrogen (secondary N) is 1. The molecule has 8 nitrogen and oxygen atoms in total. The van der Waals surface area contributed by atoms with Crippen LogP contribution in [0.15, 0.2) is 59.3 Å². The van der Waals surface area contributed by atoms with Gasteiger partial charge in [-0.3, -0.25) is 4.79 Å². The molecule has 0 fully saturated rings. The van der Waals surface area contributed by atoms with Gasteiger partial charge < -0.3 is 23.9 Å². The summed E-state index contributed by atoms with van der Waals surface area (Å²) in [6.45, 7) is 4.27. The number of aromatic nitrogens is 3. The van der Waals surface area contributed by atoms with E-state index < -0.39 is 0 Å². The predicted molar refractivity (Wildman–Crippen MR) is 114 cm³/mol. The Morgan fingerprint density at radius 3 is 2.71 bits per heavy atom. The number of carbonyl (C=O) groups is 1. The molecule has 5 rings (SSSR count). The summed E-state index contributed by atoms with van der Waals surface area (Å²) >= 11 is 0. The summed E-state index contributed by atoms with van der Waals surface area (Å²) in [5.74, 6) is 1.97. The van der Waals surface area contributed by atoms with E-state index in [1.165, 1.54) is 0 Å². The van der Waals surface area contributed by atoms with E-state index in [4.69, 9.17) is 14.0 Å². The summed E-state index contributed by atoms with van der Waals surface area (Å²) in [6, 6.07) is 15.1. The van der Waals surface area contributed by atoms with Crippen LogP contribution in [0.25, 0.3) is 23.0 Å². The van der Waals surface area contributed by atoms with Crippen LogP contribution in [0.4, 0.5) is 5.69 Å². The van der Waals surface area contributed by atoms with Crippen LogP contribution in [-0.4, -0.2) is 27.4 Å². The second kappa shape index (κ2) is 7.64. The van der Waals surface area contributed by atoms with Gasteiger partial charge in [-0.25, -0.2) is 0 Å². The van der Waals surface area contributed by atoms with E-state index in [1.807, 2.05) is 68.6 Å². The third-order valence-electron chi connectivity index (χ3n) is 5.16. The molecule has 0 unspecified atom stereocenters. The smallest absolute Gasteiger partial charge is 0.274 e. The van der Waals surface area contributed by atoms with Crippen molar-refractivity contribution in [3.8, 4) is 34.5 Å². The number of fused-ring (bicyclic) bond motifs is 1. The number of benzene rings is 2. The Balaban J connectivity index is 1.35. The molecule has 31 heavy (non-hydrogen) atoms. The van der Waals surface area contributed by atoms with Crippen LogP contribution in [-0.2, 0) is 11.3 Å². The van der Waals surface area contributed by atoms with E-state index in [2.05, 4.69) is 15.5 Å². The molecule has 0 radical (unpaired) electrons. The van der Waals surface area contributed by atoms with Gasteiger partial charge in [-0.05, 0) is 55.3 Å². The first-order valence-electron chi connectivity index (χ1n) is 9.84. The van der Waals surface area contributed by atoms with Gasteiger partial charge in [0, 0.05) is 17.4 Å². The Labute approximate surface area is 178 Å². The number of para-hydroxylation sites is 1. The minimum absolute atomic E-state index is 0.123. The van der Waals surface area contributed by atoms with Crippen LogP contribution in [0.2, 0.25) is 0 Å². The lowest BCUT2D eigenvalue weighted by molar-refractivity contribution is -0.116. The molecule has 156 valence electrons. The van der Waals surface area contributed by atoms with E-state index in [-0.39, 0.29) is 19.2 Å². The van der Waals surface area contributed by atoms with E-state index in [1.54, 1.807) is 4.57 Å². The topological polar surface area (TPSA) is 91.4 Å². The van der Waals surface area contributed by atoms with Crippen LogP contribution in [0, 0.1) is 13.8 Å². The SMILES string of the molecule is Cc1cccc(C)c1NC(=O)Cn1cccc1-c1nc(-c2ccc3c(c2)OCO3)no1. The van der Waals surface area contributed by atoms with Crippen molar-refractivity contribution in [3.63, 3.8) is 0 Å². The molecule has 1 N–H and O–H groups in total. The van der Waals surface area contributed by atoms with Gasteiger partial charge in [0.25, 0.3) is 5.89 Å². The van der Waals surface area contributed by atoms with Crippen LogP contribution >= 0.6 is 0 Å². The van der Waals surface area contributed by atoms with E-state index in [0.29, 0.717) is 28.9 Å². The highest BCUT2D eigenvalue weighted by Crippen LogP contribution is 2.35. The maximum absolute atomic E-state index is 12.7. The van der Waals surface area contributed by atoms with Gasteiger partial charge in [0.1, 0.15) is 12.2 Å². The molecule has 0 spiro atoms. The fourth-order valence-corrected chi connectivity index (χ4v) is 3.57. The number of anilines is 1. The highest BCUT2D eigenvalue weighted by Gasteiger charge is 2.19. The van der Waals surface area contributed by atoms with E-state index in [9.17, 15) is 4.79 Å². The number of hydrogen-bond acceptors (Lipinski definition) is 6. The number of amides is 1. The maximum Gasteiger partial charge on any atom is 0.274 e. The number of ether oxygens (including phenoxy) is 2. The van der Waals surface area contributed by atoms with Gasteiger partial charge >= 0.3 is 0 Å². The monoisotopic (exact) mass is 416 g/mol. The van der Waals surface area contributed by atoms with Crippen molar-refractivity contribution < 1.29 is 18.8 Å². The molecule has 1 amide bonds. The summed E-state index contributed by atoms with van der Waals surface area (Å²) in [4.78, 5) is 17.2. The molecule has 0 saturated carbocycles. The van der Waals surface area contributed by atoms with Crippen molar-refractivity contribution in [2.45, 2.75) is 20.4 Å². The minimum atomic E-state index is -0.134. The third kappa shape index (κ3) is 3.63. The molecule has 2 aromatic heterocycles. The van der Waals surface area contributed by atoms with Gasteiger partial charge in [0.2, 0.25) is 18.5 Å². The first-order chi connectivity index (χ1) is 15.1. The normalized spacial score (nSPS) is 12.2. The Morgan fingerprint density at radius 2 is 1.87 bits per heavy atom. The van der Waals surface area contributed by atoms with Crippen molar-refractivity contribution in [1.82, 2.24) is 14.7 Å². The summed E-state index contributed by atoms with van der Waals surface area (Å²) in [7, 11) is 0. The Hall–Kier alpha value is -4.07. The Bertz CT molecular complexity index is 1250. The van der Waals surface area contributed by atoms with Crippen molar-refractivity contribution in [2.75, 3.05) is 12.1 Å². The molecule has 1 aliphatic heterocycles. The van der Waals surface area contributed by atoms with Gasteiger partial charge in [-0.2, -0.15) is 4.98 Å². The average Bonchev–Trinajstić information content (AvgIpc) is 3.50. The fraction of sp³-hybridized carbons (Fsp3) is 0.174. The minimum Gasteiger partial charge on any atom is -0.454 e. The molecule has 0 saturated heterocycles. The van der Waals surface area contributed by atoms with Gasteiger partial charge in [-0.15, -0.1) is 0 Å². The number of nitrogens with zero attached hydrogens (tertiary/aromatic N) is 3. The highest BCUT2D eigenvalue weighted by atomic mass is 16.7. The average molecular weight is 416 g/mol. The number of rotatable bonds is 5. The summed E-state index contributed by atoms with van der Waals surface area (Å²) < 4.78 is 18.0. The van der Waals surface area contributed by atoms with Crippen molar-refractivity contribution in [3.05, 3.63) is 65.9 Å². The molecule has 3 heterocycles. The maximum atomic E-state index is 12.7. The predicted octanol–water partition coefficient (Wildman–Crippen LogP) is 4.19. The van der Waals surface area contributed by atoms with Crippen molar-refractivity contribution >= 4 is 11.6 Å². The summed E-state index contributed by atoms with van der Waals surface area (Å²) in [5.41, 5.74) is 4.29. The number of aryl methyl sites for hydroxylation is 2. The second-order valence-electron chi connectivity index (χ2n) is 7.33. The molecule has 2 aromatic carbocycles. The molecule has 1 aliphatic rings. The van der Waals surface area contributed by atoms with Gasteiger partial charge in [0.05, 0.1) is 0 Å². The quantitative estimate of drug-likeness (QED) is 0.525. The first kappa shape index (κ1) is 18.9. The van der Waals surface area contributed by atoms with E-state index in [0.717, 1.165) is 22.4 Å². The lowest BCUT2D eigenvalue weighted by Gasteiger charge is -2.12. The van der Waals surface area contributed by atoms with Crippen molar-refractivity contribution in [1.29, 1.82) is 0 Å². The van der Waals surface area contributed by atoms with Crippen LogP contribution in [0.3, 0.4) is 0 Å². The second-order valence-corrected chi connectivity index (χ2v) is 7.33. The Morgan fingerprint density at radius 1 is 1.06 bits per heavy atom. The zero-order valence-electron chi connectivity index (χ0n) is 17.1. The highest BCUT2D eigenvalue weighted by molar-refractivity contribution is 5.92. The molecule has 4 aromatic rings. The van der Waals surface area contributed by atoms with Gasteiger partial charge in [-0.1, -0.05) is 23.4 Å². The summed E-state index contributed by atoms with van der Waals surface area (Å²) in [6.07, 6.45) is 1.81. The van der Waals surface area contributed by atoms with Crippen molar-refractivity contribution in [2.24, 2.45) is 0 Å². The van der Waals surface area contributed by atoms with Crippen LogP contribution in [0.5, 0.6) is 11.5 Å². The Kier molecular flexibility index (Phi) is 4.66. The largest absolute Gasteiger partial charge is 0.454 e. The number of hydrogen-bond donors (Lipinski definition) is 1. The van der Waals surface area contributed by atoms with E-state index >= 15 is 0 Å². The molecular formula is C23H20N4O4.